The third-order valence-electron chi connectivity index (χ3n) is 3.96. The van der Waals surface area contributed by atoms with Crippen molar-refractivity contribution in [3.8, 4) is 11.4 Å². The Kier molecular flexibility index (Phi) is 6.01. The zero-order valence-electron chi connectivity index (χ0n) is 13.7. The van der Waals surface area contributed by atoms with Gasteiger partial charge in [-0.15, -0.1) is 0 Å². The van der Waals surface area contributed by atoms with Crippen LogP contribution in [0.1, 0.15) is 18.2 Å². The maximum atomic E-state index is 12.8. The number of aliphatic hydroxyl groups is 2. The fourth-order valence-corrected chi connectivity index (χ4v) is 3.05. The zero-order chi connectivity index (χ0) is 19.6. The SMILES string of the molecule is O=P#Cc1cn([C@H]2C[C@H](O)[C@@H](CO)O2)c(=O)n(Oc2ccccc2Cl)c1=O. The van der Waals surface area contributed by atoms with Gasteiger partial charge in [0.25, 0.3) is 0 Å². The second-order valence-electron chi connectivity index (χ2n) is 5.67. The monoisotopic (exact) mass is 412 g/mol. The minimum atomic E-state index is -0.995. The van der Waals surface area contributed by atoms with Crippen LogP contribution in [0.4, 0.5) is 0 Å². The second-order valence-corrected chi connectivity index (χ2v) is 6.49. The van der Waals surface area contributed by atoms with Crippen LogP contribution in [0.25, 0.3) is 0 Å². The molecule has 2 heterocycles. The molecule has 1 fully saturated rings. The molecule has 3 atom stereocenters. The van der Waals surface area contributed by atoms with Crippen molar-refractivity contribution < 1.29 is 24.4 Å². The number of aliphatic hydroxyl groups excluding tert-OH is 2. The summed E-state index contributed by atoms with van der Waals surface area (Å²) in [6.45, 7) is -0.438. The summed E-state index contributed by atoms with van der Waals surface area (Å²) in [4.78, 5) is 30.6. The van der Waals surface area contributed by atoms with Crippen LogP contribution in [0.2, 0.25) is 5.02 Å². The Morgan fingerprint density at radius 1 is 1.37 bits per heavy atom. The molecule has 0 amide bonds. The summed E-state index contributed by atoms with van der Waals surface area (Å²) in [7, 11) is -0.572. The average Bonchev–Trinajstić information content (AvgIpc) is 3.03. The van der Waals surface area contributed by atoms with E-state index < -0.39 is 44.2 Å². The molecular weight excluding hydrogens is 399 g/mol. The van der Waals surface area contributed by atoms with E-state index in [0.717, 1.165) is 10.8 Å². The number of halogens is 1. The predicted molar refractivity (Wildman–Crippen MR) is 94.7 cm³/mol. The van der Waals surface area contributed by atoms with Crippen LogP contribution in [-0.2, 0) is 9.30 Å². The number of benzene rings is 1. The number of para-hydroxylation sites is 1. The third kappa shape index (κ3) is 3.94. The van der Waals surface area contributed by atoms with E-state index in [1.165, 1.54) is 12.1 Å². The summed E-state index contributed by atoms with van der Waals surface area (Å²) in [6.07, 6.45) is -1.72. The van der Waals surface area contributed by atoms with Gasteiger partial charge in [0.05, 0.1) is 0 Å². The average molecular weight is 413 g/mol. The Hall–Kier alpha value is -2.12. The van der Waals surface area contributed by atoms with Crippen LogP contribution in [-0.4, -0.2) is 38.3 Å². The molecule has 1 aliphatic heterocycles. The van der Waals surface area contributed by atoms with Gasteiger partial charge in [0.2, 0.25) is 0 Å². The van der Waals surface area contributed by atoms with Crippen molar-refractivity contribution in [2.75, 3.05) is 6.61 Å². The minimum absolute atomic E-state index is 0.00393. The van der Waals surface area contributed by atoms with Crippen LogP contribution in [0.15, 0.2) is 40.1 Å². The predicted octanol–water partition coefficient (Wildman–Crippen LogP) is 0.745. The molecule has 142 valence electrons. The van der Waals surface area contributed by atoms with Gasteiger partial charge in [-0.1, -0.05) is 0 Å². The van der Waals surface area contributed by atoms with Crippen molar-refractivity contribution in [3.63, 3.8) is 0 Å². The Morgan fingerprint density at radius 3 is 2.74 bits per heavy atom. The molecule has 0 saturated carbocycles. The molecule has 9 nitrogen and oxygen atoms in total. The first-order valence-corrected chi connectivity index (χ1v) is 8.99. The van der Waals surface area contributed by atoms with E-state index in [4.69, 9.17) is 21.2 Å². The molecule has 0 aliphatic carbocycles. The first-order chi connectivity index (χ1) is 13.0. The molecule has 0 radical (unpaired) electrons. The van der Waals surface area contributed by atoms with Gasteiger partial charge in [-0.25, -0.2) is 0 Å². The van der Waals surface area contributed by atoms with Crippen molar-refractivity contribution in [2.45, 2.75) is 24.9 Å². The van der Waals surface area contributed by atoms with E-state index in [2.05, 4.69) is 5.63 Å². The molecule has 1 saturated heterocycles. The Morgan fingerprint density at radius 2 is 2.11 bits per heavy atom. The van der Waals surface area contributed by atoms with Crippen molar-refractivity contribution in [1.29, 1.82) is 0 Å². The van der Waals surface area contributed by atoms with E-state index in [9.17, 15) is 24.4 Å². The van der Waals surface area contributed by atoms with Gasteiger partial charge in [0.1, 0.15) is 0 Å². The van der Waals surface area contributed by atoms with E-state index in [1.54, 1.807) is 12.1 Å². The first-order valence-electron chi connectivity index (χ1n) is 7.80. The number of aromatic nitrogens is 2. The van der Waals surface area contributed by atoms with Crippen molar-refractivity contribution in [2.24, 2.45) is 0 Å². The molecule has 2 aromatic rings. The van der Waals surface area contributed by atoms with Crippen LogP contribution in [0.3, 0.4) is 0 Å². The maximum absolute atomic E-state index is 12.8. The van der Waals surface area contributed by atoms with Gasteiger partial charge in [-0.05, 0) is 0 Å². The van der Waals surface area contributed by atoms with Crippen molar-refractivity contribution in [3.05, 3.63) is 61.9 Å². The standard InChI is InChI=1S/C16H14ClN2O7P/c17-10-3-1-2-4-12(10)26-19-15(22)9(8-27-24)6-18(16(19)23)14-5-11(21)13(7-20)25-14/h1-4,6,11,13-14,20-21H,5,7H2/t11-,13+,14+/m0/s1. The van der Waals surface area contributed by atoms with E-state index in [0.29, 0.717) is 4.73 Å². The first kappa shape index (κ1) is 19.6. The van der Waals surface area contributed by atoms with Crippen LogP contribution >= 0.6 is 19.5 Å². The van der Waals surface area contributed by atoms with Crippen molar-refractivity contribution >= 4 is 19.5 Å². The van der Waals surface area contributed by atoms with Crippen LogP contribution < -0.4 is 16.1 Å². The summed E-state index contributed by atoms with van der Waals surface area (Å²) in [5, 5.41) is 19.3. The van der Waals surface area contributed by atoms with Gasteiger partial charge >= 0.3 is 158 Å². The summed E-state index contributed by atoms with van der Waals surface area (Å²) in [5.41, 5.74) is 0.291. The fourth-order valence-electron chi connectivity index (χ4n) is 2.63. The van der Waals surface area contributed by atoms with Gasteiger partial charge in [-0.3, -0.25) is 0 Å². The number of nitrogens with zero attached hydrogens (tertiary/aromatic N) is 2. The molecule has 1 aliphatic rings. The molecule has 11 heteroatoms. The Labute approximate surface area is 158 Å². The summed E-state index contributed by atoms with van der Waals surface area (Å²) < 4.78 is 17.8. The van der Waals surface area contributed by atoms with E-state index in [-0.39, 0.29) is 22.8 Å². The molecule has 27 heavy (non-hydrogen) atoms. The van der Waals surface area contributed by atoms with Gasteiger partial charge in [-0.2, -0.15) is 0 Å². The van der Waals surface area contributed by atoms with Crippen molar-refractivity contribution in [1.82, 2.24) is 9.30 Å². The third-order valence-corrected chi connectivity index (χ3v) is 4.61. The molecule has 0 bridgehead atoms. The zero-order valence-corrected chi connectivity index (χ0v) is 15.3. The van der Waals surface area contributed by atoms with E-state index in [1.807, 2.05) is 0 Å². The van der Waals surface area contributed by atoms with Crippen LogP contribution in [0.5, 0.6) is 5.75 Å². The molecule has 0 spiro atoms. The second kappa shape index (κ2) is 8.27. The van der Waals surface area contributed by atoms with Gasteiger partial charge in [0, 0.05) is 0 Å². The molecule has 0 unspecified atom stereocenters. The molecular formula is C16H14ClN2O7P. The number of hydrogen-bond acceptors (Lipinski definition) is 7. The molecule has 1 aromatic carbocycles. The molecule has 2 N–H and O–H groups in total. The van der Waals surface area contributed by atoms with E-state index >= 15 is 0 Å². The normalized spacial score (nSPS) is 21.7. The summed E-state index contributed by atoms with van der Waals surface area (Å²) >= 11 is 6.00. The quantitative estimate of drug-likeness (QED) is 0.711. The summed E-state index contributed by atoms with van der Waals surface area (Å²) in [6, 6.07) is 6.22. The number of rotatable bonds is 4. The Balaban J connectivity index is 2.13. The number of hydrogen-bond donors (Lipinski definition) is 2. The number of ether oxygens (including phenoxy) is 1. The van der Waals surface area contributed by atoms with Gasteiger partial charge in [0.15, 0.2) is 0 Å². The molecule has 1 aromatic heterocycles. The fraction of sp³-hybridized carbons (Fsp3) is 0.312. The topological polar surface area (TPSA) is 120 Å². The van der Waals surface area contributed by atoms with Crippen LogP contribution in [0, 0.1) is 5.63 Å². The summed E-state index contributed by atoms with van der Waals surface area (Å²) in [5.74, 6) is 0.0577. The van der Waals surface area contributed by atoms with Gasteiger partial charge < -0.3 is 0 Å². The molecule has 3 rings (SSSR count). The Bertz CT molecular complexity index is 1080.